The average Bonchev–Trinajstić information content (AvgIpc) is 2.17. The second kappa shape index (κ2) is 5.62. The van der Waals surface area contributed by atoms with E-state index in [1.54, 1.807) is 19.2 Å². The summed E-state index contributed by atoms with van der Waals surface area (Å²) >= 11 is 0. The van der Waals surface area contributed by atoms with E-state index in [1.807, 2.05) is 12.1 Å². The molecule has 1 unspecified atom stereocenters. The lowest BCUT2D eigenvalue weighted by Gasteiger charge is -2.08. The zero-order chi connectivity index (χ0) is 10.4. The monoisotopic (exact) mass is 196 g/mol. The highest BCUT2D eigenvalue weighted by Gasteiger charge is 2.03. The number of aliphatic hydroxyl groups is 1. The van der Waals surface area contributed by atoms with Crippen LogP contribution in [0.15, 0.2) is 24.3 Å². The summed E-state index contributed by atoms with van der Waals surface area (Å²) in [7, 11) is 1.57. The zero-order valence-electron chi connectivity index (χ0n) is 8.31. The molecule has 0 aliphatic carbocycles. The Morgan fingerprint density at radius 2 is 1.93 bits per heavy atom. The minimum Gasteiger partial charge on any atom is -0.508 e. The molecule has 0 spiro atoms. The van der Waals surface area contributed by atoms with Crippen molar-refractivity contribution in [2.75, 3.05) is 13.7 Å². The van der Waals surface area contributed by atoms with E-state index in [4.69, 9.17) is 9.84 Å². The molecule has 0 fully saturated rings. The number of rotatable bonds is 5. The number of ether oxygens (including phenoxy) is 1. The Morgan fingerprint density at radius 3 is 2.50 bits per heavy atom. The van der Waals surface area contributed by atoms with Crippen molar-refractivity contribution in [3.05, 3.63) is 29.8 Å². The quantitative estimate of drug-likeness (QED) is 0.747. The molecule has 0 amide bonds. The van der Waals surface area contributed by atoms with Gasteiger partial charge < -0.3 is 14.9 Å². The minimum absolute atomic E-state index is 0.270. The van der Waals surface area contributed by atoms with E-state index in [2.05, 4.69) is 0 Å². The lowest BCUT2D eigenvalue weighted by atomic mass is 10.1. The van der Waals surface area contributed by atoms with Crippen molar-refractivity contribution in [2.24, 2.45) is 0 Å². The minimum atomic E-state index is -0.409. The van der Waals surface area contributed by atoms with Crippen molar-refractivity contribution in [1.82, 2.24) is 0 Å². The number of methoxy groups -OCH3 is 1. The first-order chi connectivity index (χ1) is 6.72. The van der Waals surface area contributed by atoms with Crippen molar-refractivity contribution in [1.29, 1.82) is 0 Å². The molecular weight excluding hydrogens is 180 g/mol. The molecule has 3 nitrogen and oxygen atoms in total. The predicted octanol–water partition coefficient (Wildman–Crippen LogP) is 1.33. The van der Waals surface area contributed by atoms with Gasteiger partial charge in [0, 0.05) is 7.11 Å². The molecule has 0 aliphatic heterocycles. The van der Waals surface area contributed by atoms with Gasteiger partial charge in [0.2, 0.25) is 0 Å². The van der Waals surface area contributed by atoms with Crippen LogP contribution in [0, 0.1) is 0 Å². The van der Waals surface area contributed by atoms with E-state index in [0.29, 0.717) is 13.0 Å². The van der Waals surface area contributed by atoms with Gasteiger partial charge in [0.1, 0.15) is 5.75 Å². The van der Waals surface area contributed by atoms with Gasteiger partial charge in [-0.3, -0.25) is 0 Å². The van der Waals surface area contributed by atoms with Crippen molar-refractivity contribution in [3.63, 3.8) is 0 Å². The third-order valence-electron chi connectivity index (χ3n) is 2.06. The summed E-state index contributed by atoms with van der Waals surface area (Å²) in [5, 5.41) is 18.4. The fraction of sp³-hybridized carbons (Fsp3) is 0.455. The summed E-state index contributed by atoms with van der Waals surface area (Å²) in [5.74, 6) is 0.270. The largest absolute Gasteiger partial charge is 0.508 e. The molecule has 3 heteroatoms. The fourth-order valence-corrected chi connectivity index (χ4v) is 1.27. The molecule has 14 heavy (non-hydrogen) atoms. The highest BCUT2D eigenvalue weighted by atomic mass is 16.5. The van der Waals surface area contributed by atoms with E-state index < -0.39 is 6.10 Å². The number of phenolic OH excluding ortho intramolecular Hbond substituents is 1. The third kappa shape index (κ3) is 3.77. The normalized spacial score (nSPS) is 12.7. The maximum absolute atomic E-state index is 9.39. The summed E-state index contributed by atoms with van der Waals surface area (Å²) in [4.78, 5) is 0. The Morgan fingerprint density at radius 1 is 1.29 bits per heavy atom. The molecule has 0 radical (unpaired) electrons. The number of hydrogen-bond donors (Lipinski definition) is 2. The molecule has 0 aliphatic rings. The second-order valence-electron chi connectivity index (χ2n) is 3.31. The van der Waals surface area contributed by atoms with Gasteiger partial charge in [-0.15, -0.1) is 0 Å². The van der Waals surface area contributed by atoms with Gasteiger partial charge in [-0.1, -0.05) is 12.1 Å². The number of aliphatic hydroxyl groups excluding tert-OH is 1. The predicted molar refractivity (Wildman–Crippen MR) is 54.3 cm³/mol. The summed E-state index contributed by atoms with van der Waals surface area (Å²) in [6.07, 6.45) is 1.07. The van der Waals surface area contributed by atoms with E-state index in [1.165, 1.54) is 0 Å². The van der Waals surface area contributed by atoms with Crippen LogP contribution in [0.2, 0.25) is 0 Å². The number of aromatic hydroxyl groups is 1. The van der Waals surface area contributed by atoms with Crippen LogP contribution in [-0.4, -0.2) is 30.0 Å². The molecule has 0 heterocycles. The van der Waals surface area contributed by atoms with E-state index in [0.717, 1.165) is 12.0 Å². The van der Waals surface area contributed by atoms with Crippen LogP contribution in [0.1, 0.15) is 12.0 Å². The number of hydrogen-bond acceptors (Lipinski definition) is 3. The maximum atomic E-state index is 9.39. The summed E-state index contributed by atoms with van der Waals surface area (Å²) < 4.78 is 4.82. The van der Waals surface area contributed by atoms with Crippen molar-refractivity contribution in [3.8, 4) is 5.75 Å². The van der Waals surface area contributed by atoms with Crippen LogP contribution in [0.25, 0.3) is 0 Å². The van der Waals surface area contributed by atoms with Crippen LogP contribution < -0.4 is 0 Å². The van der Waals surface area contributed by atoms with Gasteiger partial charge in [0.25, 0.3) is 0 Å². The number of benzene rings is 1. The van der Waals surface area contributed by atoms with Crippen LogP contribution >= 0.6 is 0 Å². The summed E-state index contributed by atoms with van der Waals surface area (Å²) in [5.41, 5.74) is 1.11. The lowest BCUT2D eigenvalue weighted by molar-refractivity contribution is 0.0595. The molecule has 1 atom stereocenters. The Bertz CT molecular complexity index is 256. The topological polar surface area (TPSA) is 49.7 Å². The first kappa shape index (κ1) is 11.0. The first-order valence-corrected chi connectivity index (χ1v) is 4.67. The standard InChI is InChI=1S/C11H16O3/c1-14-8-11(13)7-4-9-2-5-10(12)6-3-9/h2-3,5-6,11-13H,4,7-8H2,1H3. The molecule has 78 valence electrons. The third-order valence-corrected chi connectivity index (χ3v) is 2.06. The number of aryl methyl sites for hydroxylation is 1. The van der Waals surface area contributed by atoms with Gasteiger partial charge in [-0.2, -0.15) is 0 Å². The summed E-state index contributed by atoms with van der Waals surface area (Å²) in [6, 6.07) is 7.01. The zero-order valence-corrected chi connectivity index (χ0v) is 8.31. The van der Waals surface area contributed by atoms with Crippen molar-refractivity contribution < 1.29 is 14.9 Å². The van der Waals surface area contributed by atoms with Gasteiger partial charge in [-0.25, -0.2) is 0 Å². The number of phenols is 1. The first-order valence-electron chi connectivity index (χ1n) is 4.67. The molecule has 0 bridgehead atoms. The Balaban J connectivity index is 2.34. The molecule has 1 aromatic carbocycles. The van der Waals surface area contributed by atoms with E-state index in [-0.39, 0.29) is 5.75 Å². The highest BCUT2D eigenvalue weighted by molar-refractivity contribution is 5.25. The molecule has 1 rings (SSSR count). The second-order valence-corrected chi connectivity index (χ2v) is 3.31. The fourth-order valence-electron chi connectivity index (χ4n) is 1.27. The van der Waals surface area contributed by atoms with Crippen LogP contribution in [0.5, 0.6) is 5.75 Å². The van der Waals surface area contributed by atoms with E-state index >= 15 is 0 Å². The van der Waals surface area contributed by atoms with Crippen molar-refractivity contribution >= 4 is 0 Å². The Kier molecular flexibility index (Phi) is 4.43. The van der Waals surface area contributed by atoms with Crippen molar-refractivity contribution in [2.45, 2.75) is 18.9 Å². The maximum Gasteiger partial charge on any atom is 0.115 e. The van der Waals surface area contributed by atoms with Gasteiger partial charge in [0.15, 0.2) is 0 Å². The molecule has 1 aromatic rings. The van der Waals surface area contributed by atoms with Crippen LogP contribution in [0.3, 0.4) is 0 Å². The molecule has 0 aromatic heterocycles. The van der Waals surface area contributed by atoms with Gasteiger partial charge in [0.05, 0.1) is 12.7 Å². The molecule has 0 saturated carbocycles. The Hall–Kier alpha value is -1.06. The molecule has 0 saturated heterocycles. The van der Waals surface area contributed by atoms with E-state index in [9.17, 15) is 5.11 Å². The SMILES string of the molecule is COCC(O)CCc1ccc(O)cc1. The van der Waals surface area contributed by atoms with Crippen LogP contribution in [0.4, 0.5) is 0 Å². The Labute approximate surface area is 84.0 Å². The molecular formula is C11H16O3. The molecule has 2 N–H and O–H groups in total. The van der Waals surface area contributed by atoms with Gasteiger partial charge >= 0.3 is 0 Å². The summed E-state index contributed by atoms with van der Waals surface area (Å²) in [6.45, 7) is 0.373. The average molecular weight is 196 g/mol. The van der Waals surface area contributed by atoms with Gasteiger partial charge in [-0.05, 0) is 30.5 Å². The lowest BCUT2D eigenvalue weighted by Crippen LogP contribution is -2.14. The van der Waals surface area contributed by atoms with Crippen LogP contribution in [-0.2, 0) is 11.2 Å². The smallest absolute Gasteiger partial charge is 0.115 e. The highest BCUT2D eigenvalue weighted by Crippen LogP contribution is 2.11.